The van der Waals surface area contributed by atoms with Crippen LogP contribution in [-0.4, -0.2) is 36.1 Å². The van der Waals surface area contributed by atoms with Crippen molar-refractivity contribution in [3.8, 4) is 5.75 Å². The average molecular weight is 422 g/mol. The number of ether oxygens (including phenoxy) is 2. The lowest BCUT2D eigenvalue weighted by Crippen LogP contribution is -2.42. The second-order valence-corrected chi connectivity index (χ2v) is 8.27. The van der Waals surface area contributed by atoms with Gasteiger partial charge in [-0.3, -0.25) is 14.5 Å². The first-order valence-corrected chi connectivity index (χ1v) is 10.5. The summed E-state index contributed by atoms with van der Waals surface area (Å²) >= 11 is 0. The summed E-state index contributed by atoms with van der Waals surface area (Å²) in [6.07, 6.45) is -0.597. The number of aryl methyl sites for hydroxylation is 1. The fourth-order valence-electron chi connectivity index (χ4n) is 4.84. The van der Waals surface area contributed by atoms with E-state index in [1.54, 1.807) is 25.3 Å². The van der Waals surface area contributed by atoms with E-state index in [-0.39, 0.29) is 23.5 Å². The third-order valence-electron chi connectivity index (χ3n) is 6.31. The molecular weight excluding hydrogens is 399 g/mol. The smallest absolute Gasteiger partial charge is 0.295 e. The summed E-state index contributed by atoms with van der Waals surface area (Å²) < 4.78 is 25.6. The summed E-state index contributed by atoms with van der Waals surface area (Å²) in [6.45, 7) is 1.84. The van der Waals surface area contributed by atoms with Crippen LogP contribution in [-0.2, 0) is 14.3 Å². The van der Waals surface area contributed by atoms with Gasteiger partial charge in [0.05, 0.1) is 24.6 Å². The van der Waals surface area contributed by atoms with Crippen LogP contribution >= 0.6 is 0 Å². The van der Waals surface area contributed by atoms with Gasteiger partial charge in [-0.2, -0.15) is 0 Å². The standard InChI is InChI=1S/C24H23FN2O4/c1-13-5-3-8-19(26-13)27-21(14-6-4-7-16(11-14)30-2)20-22(28)17-12-15(25)9-10-18(17)31-23(20)24(27)29/h3-8,11,15,17-18,21H,9-10,12H2,1-2H3. The van der Waals surface area contributed by atoms with Crippen LogP contribution in [0.4, 0.5) is 10.2 Å². The van der Waals surface area contributed by atoms with E-state index < -0.39 is 30.1 Å². The average Bonchev–Trinajstić information content (AvgIpc) is 3.07. The Morgan fingerprint density at radius 1 is 1.16 bits per heavy atom. The maximum absolute atomic E-state index is 14.1. The van der Waals surface area contributed by atoms with Crippen molar-refractivity contribution in [1.82, 2.24) is 4.98 Å². The molecule has 4 atom stereocenters. The van der Waals surface area contributed by atoms with E-state index in [4.69, 9.17) is 9.47 Å². The molecule has 5 rings (SSSR count). The summed E-state index contributed by atoms with van der Waals surface area (Å²) in [4.78, 5) is 33.1. The number of nitrogens with zero attached hydrogens (tertiary/aromatic N) is 2. The fourth-order valence-corrected chi connectivity index (χ4v) is 4.84. The van der Waals surface area contributed by atoms with Gasteiger partial charge in [0.15, 0.2) is 11.5 Å². The molecule has 1 aromatic carbocycles. The van der Waals surface area contributed by atoms with Gasteiger partial charge in [0.1, 0.15) is 23.8 Å². The van der Waals surface area contributed by atoms with Crippen LogP contribution < -0.4 is 9.64 Å². The number of carbonyl (C=O) groups is 2. The Morgan fingerprint density at radius 2 is 1.97 bits per heavy atom. The van der Waals surface area contributed by atoms with E-state index in [1.165, 1.54) is 4.90 Å². The van der Waals surface area contributed by atoms with E-state index >= 15 is 0 Å². The van der Waals surface area contributed by atoms with Gasteiger partial charge >= 0.3 is 0 Å². The highest BCUT2D eigenvalue weighted by molar-refractivity contribution is 6.17. The number of benzene rings is 1. The van der Waals surface area contributed by atoms with Crippen LogP contribution in [0.15, 0.2) is 53.8 Å². The Balaban J connectivity index is 1.66. The first-order valence-electron chi connectivity index (χ1n) is 10.5. The number of hydrogen-bond donors (Lipinski definition) is 0. The number of anilines is 1. The van der Waals surface area contributed by atoms with Crippen LogP contribution in [0.25, 0.3) is 0 Å². The van der Waals surface area contributed by atoms with Gasteiger partial charge in [-0.05, 0) is 56.0 Å². The highest BCUT2D eigenvalue weighted by Crippen LogP contribution is 2.48. The molecule has 1 fully saturated rings. The zero-order valence-electron chi connectivity index (χ0n) is 17.4. The van der Waals surface area contributed by atoms with Crippen molar-refractivity contribution in [2.24, 2.45) is 5.92 Å². The monoisotopic (exact) mass is 422 g/mol. The minimum absolute atomic E-state index is 0.0692. The van der Waals surface area contributed by atoms with Crippen LogP contribution in [0.2, 0.25) is 0 Å². The number of halogens is 1. The largest absolute Gasteiger partial charge is 0.497 e. The zero-order chi connectivity index (χ0) is 21.7. The molecule has 0 N–H and O–H groups in total. The third kappa shape index (κ3) is 3.19. The van der Waals surface area contributed by atoms with Gasteiger partial charge in [-0.15, -0.1) is 0 Å². The summed E-state index contributed by atoms with van der Waals surface area (Å²) in [5, 5.41) is 0. The first-order chi connectivity index (χ1) is 15.0. The normalized spacial score (nSPS) is 27.6. The minimum Gasteiger partial charge on any atom is -0.497 e. The lowest BCUT2D eigenvalue weighted by Gasteiger charge is -2.36. The number of rotatable bonds is 3. The van der Waals surface area contributed by atoms with E-state index in [1.807, 2.05) is 31.2 Å². The van der Waals surface area contributed by atoms with E-state index in [0.717, 1.165) is 5.69 Å². The molecule has 6 nitrogen and oxygen atoms in total. The van der Waals surface area contributed by atoms with Crippen LogP contribution in [0.5, 0.6) is 5.75 Å². The van der Waals surface area contributed by atoms with Crippen LogP contribution in [0, 0.1) is 12.8 Å². The van der Waals surface area contributed by atoms with Crippen molar-refractivity contribution in [1.29, 1.82) is 0 Å². The molecule has 3 heterocycles. The third-order valence-corrected chi connectivity index (χ3v) is 6.31. The van der Waals surface area contributed by atoms with Crippen molar-refractivity contribution in [2.45, 2.75) is 44.5 Å². The number of hydrogen-bond acceptors (Lipinski definition) is 5. The Hall–Kier alpha value is -3.22. The van der Waals surface area contributed by atoms with Crippen molar-refractivity contribution in [2.75, 3.05) is 12.0 Å². The quantitative estimate of drug-likeness (QED) is 0.752. The van der Waals surface area contributed by atoms with Gasteiger partial charge in [-0.1, -0.05) is 18.2 Å². The second kappa shape index (κ2) is 7.48. The van der Waals surface area contributed by atoms with Crippen molar-refractivity contribution < 1.29 is 23.5 Å². The number of carbonyl (C=O) groups excluding carboxylic acids is 2. The number of ketones is 1. The van der Waals surface area contributed by atoms with Crippen molar-refractivity contribution in [3.63, 3.8) is 0 Å². The van der Waals surface area contributed by atoms with Crippen molar-refractivity contribution >= 4 is 17.5 Å². The van der Waals surface area contributed by atoms with E-state index in [2.05, 4.69) is 4.98 Å². The molecule has 160 valence electrons. The van der Waals surface area contributed by atoms with Crippen LogP contribution in [0.1, 0.15) is 36.6 Å². The number of fused-ring (bicyclic) bond motifs is 1. The molecule has 31 heavy (non-hydrogen) atoms. The first kappa shape index (κ1) is 19.7. The second-order valence-electron chi connectivity index (χ2n) is 8.27. The molecule has 0 saturated heterocycles. The number of alkyl halides is 1. The molecule has 4 unspecified atom stereocenters. The molecule has 2 aromatic rings. The molecule has 0 spiro atoms. The lowest BCUT2D eigenvalue weighted by molar-refractivity contribution is -0.133. The molecule has 1 aliphatic carbocycles. The van der Waals surface area contributed by atoms with Crippen LogP contribution in [0.3, 0.4) is 0 Å². The van der Waals surface area contributed by atoms with Gasteiger partial charge in [-0.25, -0.2) is 9.37 Å². The molecule has 0 bridgehead atoms. The number of amides is 1. The summed E-state index contributed by atoms with van der Waals surface area (Å²) in [5.41, 5.74) is 1.75. The Morgan fingerprint density at radius 3 is 2.74 bits per heavy atom. The lowest BCUT2D eigenvalue weighted by atomic mass is 9.77. The highest BCUT2D eigenvalue weighted by atomic mass is 19.1. The van der Waals surface area contributed by atoms with E-state index in [0.29, 0.717) is 30.0 Å². The number of Topliss-reactive ketones (excluding diaryl/α,β-unsaturated/α-hetero) is 1. The summed E-state index contributed by atoms with van der Waals surface area (Å²) in [7, 11) is 1.56. The Bertz CT molecular complexity index is 1100. The maximum atomic E-state index is 14.1. The molecule has 1 aromatic heterocycles. The zero-order valence-corrected chi connectivity index (χ0v) is 17.4. The Kier molecular flexibility index (Phi) is 4.76. The molecule has 1 saturated carbocycles. The van der Waals surface area contributed by atoms with Crippen molar-refractivity contribution in [3.05, 3.63) is 65.1 Å². The molecule has 7 heteroatoms. The fraction of sp³-hybridized carbons (Fsp3) is 0.375. The summed E-state index contributed by atoms with van der Waals surface area (Å²) in [5.74, 6) is -0.0526. The number of pyridine rings is 1. The van der Waals surface area contributed by atoms with Gasteiger partial charge in [0.2, 0.25) is 0 Å². The predicted octanol–water partition coefficient (Wildman–Crippen LogP) is 3.85. The highest BCUT2D eigenvalue weighted by Gasteiger charge is 2.53. The minimum atomic E-state index is -1.03. The summed E-state index contributed by atoms with van der Waals surface area (Å²) in [6, 6.07) is 12.0. The topological polar surface area (TPSA) is 68.7 Å². The van der Waals surface area contributed by atoms with E-state index in [9.17, 15) is 14.0 Å². The molecular formula is C24H23FN2O4. The molecule has 0 radical (unpaired) electrons. The molecule has 3 aliphatic rings. The molecule has 2 aliphatic heterocycles. The number of methoxy groups -OCH3 is 1. The SMILES string of the molecule is COc1cccc(C2C3=C(OC4CCC(F)CC4C3=O)C(=O)N2c2cccc(C)n2)c1. The van der Waals surface area contributed by atoms with Gasteiger partial charge in [0.25, 0.3) is 5.91 Å². The number of aromatic nitrogens is 1. The maximum Gasteiger partial charge on any atom is 0.295 e. The van der Waals surface area contributed by atoms with Gasteiger partial charge in [0, 0.05) is 5.69 Å². The predicted molar refractivity (Wildman–Crippen MR) is 111 cm³/mol. The molecule has 1 amide bonds. The Labute approximate surface area is 179 Å². The van der Waals surface area contributed by atoms with Gasteiger partial charge < -0.3 is 9.47 Å².